The van der Waals surface area contributed by atoms with Crippen LogP contribution in [0.15, 0.2) is 21.7 Å². The van der Waals surface area contributed by atoms with Gasteiger partial charge in [0, 0.05) is 6.07 Å². The van der Waals surface area contributed by atoms with Gasteiger partial charge in [0.2, 0.25) is 5.43 Å². The quantitative estimate of drug-likeness (QED) is 0.470. The fourth-order valence-corrected chi connectivity index (χ4v) is 2.16. The predicted octanol–water partition coefficient (Wildman–Crippen LogP) is 2.17. The lowest BCUT2D eigenvalue weighted by Gasteiger charge is -2.10. The molecule has 0 atom stereocenters. The summed E-state index contributed by atoms with van der Waals surface area (Å²) in [4.78, 5) is 34.0. The Morgan fingerprint density at radius 1 is 1.27 bits per heavy atom. The van der Waals surface area contributed by atoms with E-state index in [0.29, 0.717) is 6.07 Å². The fourth-order valence-electron chi connectivity index (χ4n) is 1.85. The number of H-pyrrole nitrogens is 1. The van der Waals surface area contributed by atoms with E-state index in [1.165, 1.54) is 0 Å². The van der Waals surface area contributed by atoms with Crippen LogP contribution < -0.4 is 11.0 Å². The summed E-state index contributed by atoms with van der Waals surface area (Å²) in [5.74, 6) is -0.958. The average Bonchev–Trinajstić information content (AvgIpc) is 2.45. The maximum absolute atomic E-state index is 12.9. The molecule has 0 spiro atoms. The number of aromatic nitrogens is 1. The van der Waals surface area contributed by atoms with E-state index in [-0.39, 0.29) is 6.07 Å². The number of hydrogen-bond acceptors (Lipinski definition) is 5. The van der Waals surface area contributed by atoms with Crippen molar-refractivity contribution in [3.63, 3.8) is 0 Å². The van der Waals surface area contributed by atoms with E-state index >= 15 is 0 Å². The summed E-state index contributed by atoms with van der Waals surface area (Å²) in [6, 6.07) is 0.647. The zero-order chi connectivity index (χ0) is 16.8. The molecule has 116 valence electrons. The number of nitro groups is 1. The van der Waals surface area contributed by atoms with Gasteiger partial charge >= 0.3 is 11.9 Å². The van der Waals surface area contributed by atoms with Gasteiger partial charge in [-0.1, -0.05) is 11.6 Å². The molecule has 0 aliphatic rings. The molecule has 0 radical (unpaired) electrons. The third-order valence-electron chi connectivity index (χ3n) is 2.73. The lowest BCUT2D eigenvalue weighted by atomic mass is 10.1. The summed E-state index contributed by atoms with van der Waals surface area (Å²) in [7, 11) is 0. The Morgan fingerprint density at radius 2 is 1.86 bits per heavy atom. The molecule has 0 unspecified atom stereocenters. The normalized spacial score (nSPS) is 11.6. The lowest BCUT2D eigenvalue weighted by Crippen LogP contribution is -2.22. The number of nitro benzene ring substituents is 1. The second-order valence-corrected chi connectivity index (χ2v) is 4.51. The molecule has 1 heterocycles. The van der Waals surface area contributed by atoms with Crippen LogP contribution in [0.5, 0.6) is 5.75 Å². The highest BCUT2D eigenvalue weighted by Gasteiger charge is 2.41. The van der Waals surface area contributed by atoms with Crippen LogP contribution in [0, 0.1) is 10.1 Å². The molecule has 0 aliphatic carbocycles. The van der Waals surface area contributed by atoms with Gasteiger partial charge in [-0.2, -0.15) is 13.2 Å². The van der Waals surface area contributed by atoms with Gasteiger partial charge in [0.25, 0.3) is 5.56 Å². The Hall–Kier alpha value is -2.62. The van der Waals surface area contributed by atoms with E-state index in [2.05, 4.69) is 0 Å². The molecule has 1 aromatic carbocycles. The summed E-state index contributed by atoms with van der Waals surface area (Å²) in [6.45, 7) is 0. The Labute approximate surface area is 122 Å². The highest BCUT2D eigenvalue weighted by atomic mass is 35.5. The first-order valence-electron chi connectivity index (χ1n) is 5.38. The smallest absolute Gasteiger partial charge is 0.423 e. The van der Waals surface area contributed by atoms with Crippen molar-refractivity contribution in [1.82, 2.24) is 4.98 Å². The van der Waals surface area contributed by atoms with Crippen molar-refractivity contribution in [2.75, 3.05) is 0 Å². The molecule has 0 bridgehead atoms. The Bertz CT molecular complexity index is 923. The van der Waals surface area contributed by atoms with Gasteiger partial charge in [0.05, 0.1) is 15.3 Å². The highest BCUT2D eigenvalue weighted by Crippen LogP contribution is 2.43. The molecule has 1 aromatic heterocycles. The van der Waals surface area contributed by atoms with E-state index in [1.54, 1.807) is 4.98 Å². The van der Waals surface area contributed by atoms with Crippen molar-refractivity contribution in [1.29, 1.82) is 0 Å². The maximum Gasteiger partial charge on any atom is 0.423 e. The zero-order valence-electron chi connectivity index (χ0n) is 10.2. The molecular weight excluding hydrogens is 333 g/mol. The molecule has 0 fully saturated rings. The standard InChI is InChI=1S/C11H4ClF3N2O5/c12-4-1-3(11(13,14)15)9(17(21)22)8-7(4)5(18)2-6(19)10(20)16-8/h1-2,18H,(H,16,19,20). The third kappa shape index (κ3) is 2.48. The number of halogens is 4. The largest absolute Gasteiger partial charge is 0.507 e. The van der Waals surface area contributed by atoms with E-state index in [4.69, 9.17) is 11.6 Å². The number of nitrogens with one attached hydrogen (secondary N) is 1. The number of benzene rings is 1. The molecule has 0 amide bonds. The van der Waals surface area contributed by atoms with Crippen LogP contribution >= 0.6 is 11.6 Å². The molecule has 7 nitrogen and oxygen atoms in total. The number of nitrogens with zero attached hydrogens (tertiary/aromatic N) is 1. The molecule has 11 heteroatoms. The summed E-state index contributed by atoms with van der Waals surface area (Å²) >= 11 is 5.61. The van der Waals surface area contributed by atoms with E-state index in [0.717, 1.165) is 0 Å². The van der Waals surface area contributed by atoms with Crippen molar-refractivity contribution in [3.8, 4) is 5.75 Å². The molecule has 2 rings (SSSR count). The van der Waals surface area contributed by atoms with Crippen molar-refractivity contribution < 1.29 is 23.2 Å². The van der Waals surface area contributed by atoms with Crippen LogP contribution in [0.3, 0.4) is 0 Å². The minimum Gasteiger partial charge on any atom is -0.507 e. The van der Waals surface area contributed by atoms with Crippen LogP contribution in [0.4, 0.5) is 18.9 Å². The van der Waals surface area contributed by atoms with Crippen LogP contribution in [0.25, 0.3) is 10.9 Å². The van der Waals surface area contributed by atoms with Crippen molar-refractivity contribution >= 4 is 28.2 Å². The maximum atomic E-state index is 12.9. The number of aromatic hydroxyl groups is 1. The van der Waals surface area contributed by atoms with Crippen molar-refractivity contribution in [3.05, 3.63) is 53.4 Å². The Balaban J connectivity index is 3.25. The fraction of sp³-hybridized carbons (Fsp3) is 0.0909. The topological polar surface area (TPSA) is 113 Å². The van der Waals surface area contributed by atoms with Gasteiger partial charge in [-0.25, -0.2) is 0 Å². The van der Waals surface area contributed by atoms with Gasteiger partial charge in [0.15, 0.2) is 0 Å². The first kappa shape index (κ1) is 15.8. The number of aromatic amines is 1. The molecule has 22 heavy (non-hydrogen) atoms. The zero-order valence-corrected chi connectivity index (χ0v) is 10.9. The van der Waals surface area contributed by atoms with E-state index in [1.807, 2.05) is 0 Å². The Morgan fingerprint density at radius 3 is 2.36 bits per heavy atom. The molecule has 2 aromatic rings. The number of hydrogen-bond donors (Lipinski definition) is 2. The summed E-state index contributed by atoms with van der Waals surface area (Å²) in [5, 5.41) is 19.3. The second kappa shape index (κ2) is 4.98. The lowest BCUT2D eigenvalue weighted by molar-refractivity contribution is -0.386. The first-order valence-corrected chi connectivity index (χ1v) is 5.76. The number of alkyl halides is 3. The predicted molar refractivity (Wildman–Crippen MR) is 69.2 cm³/mol. The van der Waals surface area contributed by atoms with Crippen molar-refractivity contribution in [2.45, 2.75) is 6.18 Å². The average molecular weight is 337 g/mol. The van der Waals surface area contributed by atoms with Gasteiger partial charge in [-0.05, 0) is 6.07 Å². The number of rotatable bonds is 1. The van der Waals surface area contributed by atoms with Gasteiger partial charge in [-0.3, -0.25) is 19.7 Å². The second-order valence-electron chi connectivity index (χ2n) is 4.11. The highest BCUT2D eigenvalue weighted by molar-refractivity contribution is 6.36. The molecule has 0 saturated carbocycles. The number of fused-ring (bicyclic) bond motifs is 1. The molecule has 0 aliphatic heterocycles. The third-order valence-corrected chi connectivity index (χ3v) is 3.02. The van der Waals surface area contributed by atoms with Crippen molar-refractivity contribution in [2.24, 2.45) is 0 Å². The van der Waals surface area contributed by atoms with Crippen LogP contribution in [-0.4, -0.2) is 15.0 Å². The molecule has 2 N–H and O–H groups in total. The monoisotopic (exact) mass is 336 g/mol. The van der Waals surface area contributed by atoms with Gasteiger partial charge < -0.3 is 10.1 Å². The van der Waals surface area contributed by atoms with E-state index < -0.39 is 55.0 Å². The SMILES string of the molecule is O=c1cc(O)c2c(Cl)cc(C(F)(F)F)c([N+](=O)[O-])c2[nH]c1=O. The van der Waals surface area contributed by atoms with Crippen LogP contribution in [-0.2, 0) is 6.18 Å². The molecular formula is C11H4ClF3N2O5. The van der Waals surface area contributed by atoms with E-state index in [9.17, 15) is 38.0 Å². The van der Waals surface area contributed by atoms with Gasteiger partial charge in [-0.15, -0.1) is 0 Å². The summed E-state index contributed by atoms with van der Waals surface area (Å²) in [6.07, 6.45) is -5.14. The summed E-state index contributed by atoms with van der Waals surface area (Å²) < 4.78 is 38.7. The van der Waals surface area contributed by atoms with Crippen LogP contribution in [0.2, 0.25) is 5.02 Å². The summed E-state index contributed by atoms with van der Waals surface area (Å²) in [5.41, 5.74) is -6.97. The minimum absolute atomic E-state index is 0.241. The first-order chi connectivity index (χ1) is 10.0. The molecule has 0 saturated heterocycles. The Kier molecular flexibility index (Phi) is 3.57. The minimum atomic E-state index is -5.14. The van der Waals surface area contributed by atoms with Gasteiger partial charge in [0.1, 0.15) is 16.8 Å². The van der Waals surface area contributed by atoms with Crippen LogP contribution in [0.1, 0.15) is 5.56 Å².